The van der Waals surface area contributed by atoms with Gasteiger partial charge >= 0.3 is 0 Å². The number of amides is 2. The van der Waals surface area contributed by atoms with Crippen LogP contribution in [-0.2, 0) is 9.59 Å². The van der Waals surface area contributed by atoms with Crippen LogP contribution in [-0.4, -0.2) is 42.3 Å². The fraction of sp³-hybridized carbons (Fsp3) is 0.312. The van der Waals surface area contributed by atoms with Crippen LogP contribution < -0.4 is 10.2 Å². The van der Waals surface area contributed by atoms with Crippen molar-refractivity contribution in [1.29, 1.82) is 0 Å². The molecule has 1 N–H and O–H groups in total. The van der Waals surface area contributed by atoms with E-state index in [2.05, 4.69) is 5.32 Å². The molecule has 6 nitrogen and oxygen atoms in total. The molecule has 0 spiro atoms. The van der Waals surface area contributed by atoms with Gasteiger partial charge in [0.2, 0.25) is 5.91 Å². The number of hydrogen-bond acceptors (Lipinski definition) is 4. The highest BCUT2D eigenvalue weighted by molar-refractivity contribution is 6.04. The maximum absolute atomic E-state index is 14.5. The molecule has 0 saturated carbocycles. The summed E-state index contributed by atoms with van der Waals surface area (Å²) in [7, 11) is 0. The van der Waals surface area contributed by atoms with Crippen molar-refractivity contribution in [3.8, 4) is 0 Å². The Bertz CT molecular complexity index is 1380. The van der Waals surface area contributed by atoms with Gasteiger partial charge in [-0.05, 0) is 61.1 Å². The molecule has 1 heterocycles. The predicted octanol–water partition coefficient (Wildman–Crippen LogP) is 6.34. The van der Waals surface area contributed by atoms with Crippen molar-refractivity contribution in [3.63, 3.8) is 0 Å². The number of carbonyl (C=O) groups excluding carboxylic acids is 3. The summed E-state index contributed by atoms with van der Waals surface area (Å²) in [4.78, 5) is 40.7. The third-order valence-electron chi connectivity index (χ3n) is 7.22. The number of nitrogens with zero attached hydrogens (tertiary/aromatic N) is 2. The van der Waals surface area contributed by atoms with Crippen LogP contribution in [0.4, 0.5) is 20.2 Å². The zero-order valence-corrected chi connectivity index (χ0v) is 22.5. The molecule has 3 aromatic rings. The summed E-state index contributed by atoms with van der Waals surface area (Å²) in [5.41, 5.74) is 2.82. The molecule has 0 aliphatic carbocycles. The molecule has 0 aromatic heterocycles. The van der Waals surface area contributed by atoms with Crippen molar-refractivity contribution in [2.75, 3.05) is 29.9 Å². The summed E-state index contributed by atoms with van der Waals surface area (Å²) >= 11 is 0. The third kappa shape index (κ3) is 7.01. The second-order valence-corrected chi connectivity index (χ2v) is 9.86. The van der Waals surface area contributed by atoms with Gasteiger partial charge in [0, 0.05) is 49.8 Å². The minimum Gasteiger partial charge on any atom is -0.366 e. The minimum absolute atomic E-state index is 0.00189. The summed E-state index contributed by atoms with van der Waals surface area (Å²) in [5, 5.41) is 3.03. The van der Waals surface area contributed by atoms with Crippen LogP contribution in [0.15, 0.2) is 78.5 Å². The van der Waals surface area contributed by atoms with Gasteiger partial charge in [-0.2, -0.15) is 0 Å². The van der Waals surface area contributed by atoms with E-state index in [1.807, 2.05) is 60.2 Å². The SMILES string of the molecule is CCCC(=O)N(CCC(=C=O)N1CCC(c2ccccc2NC(=O)c2ccccc2)CC1)c1ccc(F)cc1F. The van der Waals surface area contributed by atoms with Crippen LogP contribution in [0.1, 0.15) is 60.9 Å². The Morgan fingerprint density at radius 2 is 1.68 bits per heavy atom. The van der Waals surface area contributed by atoms with Gasteiger partial charge in [0.05, 0.1) is 5.69 Å². The summed E-state index contributed by atoms with van der Waals surface area (Å²) in [6.07, 6.45) is 2.50. The normalized spacial score (nSPS) is 13.4. The number of rotatable bonds is 10. The summed E-state index contributed by atoms with van der Waals surface area (Å²) in [5.74, 6) is 0.219. The molecule has 1 aliphatic heterocycles. The summed E-state index contributed by atoms with van der Waals surface area (Å²) < 4.78 is 28.0. The predicted molar refractivity (Wildman–Crippen MR) is 152 cm³/mol. The van der Waals surface area contributed by atoms with E-state index in [9.17, 15) is 23.2 Å². The second-order valence-electron chi connectivity index (χ2n) is 9.86. The zero-order valence-electron chi connectivity index (χ0n) is 22.5. The van der Waals surface area contributed by atoms with Gasteiger partial charge in [-0.1, -0.05) is 43.3 Å². The van der Waals surface area contributed by atoms with Gasteiger partial charge in [-0.3, -0.25) is 9.59 Å². The highest BCUT2D eigenvalue weighted by atomic mass is 19.1. The van der Waals surface area contributed by atoms with Gasteiger partial charge in [0.25, 0.3) is 5.91 Å². The summed E-state index contributed by atoms with van der Waals surface area (Å²) in [6, 6.07) is 19.9. The molecule has 8 heteroatoms. The Balaban J connectivity index is 1.40. The van der Waals surface area contributed by atoms with Crippen LogP contribution in [0.3, 0.4) is 0 Å². The lowest BCUT2D eigenvalue weighted by Crippen LogP contribution is -2.37. The molecule has 0 radical (unpaired) electrons. The number of piperidine rings is 1. The van der Waals surface area contributed by atoms with Crippen LogP contribution in [0, 0.1) is 11.6 Å². The summed E-state index contributed by atoms with van der Waals surface area (Å²) in [6.45, 7) is 3.14. The molecule has 40 heavy (non-hydrogen) atoms. The van der Waals surface area contributed by atoms with E-state index in [0.29, 0.717) is 30.8 Å². The topological polar surface area (TPSA) is 69.7 Å². The molecule has 1 fully saturated rings. The molecular formula is C32H33F2N3O3. The van der Waals surface area contributed by atoms with Crippen molar-refractivity contribution in [2.45, 2.75) is 44.9 Å². The van der Waals surface area contributed by atoms with E-state index in [-0.39, 0.29) is 42.8 Å². The Hall–Kier alpha value is -4.29. The molecule has 0 unspecified atom stereocenters. The number of anilines is 2. The monoisotopic (exact) mass is 545 g/mol. The minimum atomic E-state index is -0.820. The van der Waals surface area contributed by atoms with Gasteiger partial charge < -0.3 is 15.1 Å². The lowest BCUT2D eigenvalue weighted by molar-refractivity contribution is -0.118. The number of benzene rings is 3. The number of likely N-dealkylation sites (tertiary alicyclic amines) is 1. The Kier molecular flexibility index (Phi) is 9.81. The van der Waals surface area contributed by atoms with Crippen LogP contribution in [0.25, 0.3) is 0 Å². The van der Waals surface area contributed by atoms with Crippen molar-refractivity contribution in [1.82, 2.24) is 4.90 Å². The van der Waals surface area contributed by atoms with E-state index < -0.39 is 11.6 Å². The van der Waals surface area contributed by atoms with Crippen LogP contribution in [0.2, 0.25) is 0 Å². The molecule has 2 amide bonds. The Morgan fingerprint density at radius 1 is 0.975 bits per heavy atom. The molecule has 4 rings (SSSR count). The Morgan fingerprint density at radius 3 is 2.35 bits per heavy atom. The van der Waals surface area contributed by atoms with Gasteiger partial charge in [0.1, 0.15) is 23.3 Å². The third-order valence-corrected chi connectivity index (χ3v) is 7.22. The number of halogens is 2. The van der Waals surface area contributed by atoms with E-state index in [1.165, 1.54) is 11.0 Å². The molecule has 208 valence electrons. The van der Waals surface area contributed by atoms with Crippen LogP contribution in [0.5, 0.6) is 0 Å². The standard InChI is InChI=1S/C32H33F2N3O3/c1-2-8-31(39)37(30-14-13-25(33)21-28(30)34)20-17-26(22-38)36-18-15-23(16-19-36)27-11-6-7-12-29(27)35-32(40)24-9-4-3-5-10-24/h3-7,9-14,21,23H,2,8,15-20H2,1H3,(H,35,40). The Labute approximate surface area is 233 Å². The average Bonchev–Trinajstić information content (AvgIpc) is 2.97. The fourth-order valence-corrected chi connectivity index (χ4v) is 5.13. The first kappa shape index (κ1) is 28.7. The van der Waals surface area contributed by atoms with Crippen molar-refractivity contribution < 1.29 is 23.2 Å². The fourth-order valence-electron chi connectivity index (χ4n) is 5.13. The van der Waals surface area contributed by atoms with E-state index in [4.69, 9.17) is 0 Å². The lowest BCUT2D eigenvalue weighted by Gasteiger charge is -2.35. The van der Waals surface area contributed by atoms with Crippen molar-refractivity contribution in [2.24, 2.45) is 0 Å². The first-order valence-corrected chi connectivity index (χ1v) is 13.6. The second kappa shape index (κ2) is 13.7. The molecule has 3 aromatic carbocycles. The highest BCUT2D eigenvalue weighted by Gasteiger charge is 2.26. The molecular weight excluding hydrogens is 512 g/mol. The van der Waals surface area contributed by atoms with E-state index >= 15 is 0 Å². The number of carbonyl (C=O) groups is 2. The molecule has 1 aliphatic rings. The average molecular weight is 546 g/mol. The van der Waals surface area contributed by atoms with E-state index in [1.54, 1.807) is 12.1 Å². The first-order valence-electron chi connectivity index (χ1n) is 13.6. The van der Waals surface area contributed by atoms with E-state index in [0.717, 1.165) is 36.2 Å². The van der Waals surface area contributed by atoms with Gasteiger partial charge in [-0.15, -0.1) is 0 Å². The zero-order chi connectivity index (χ0) is 28.5. The van der Waals surface area contributed by atoms with Gasteiger partial charge in [-0.25, -0.2) is 13.6 Å². The molecule has 0 atom stereocenters. The van der Waals surface area contributed by atoms with Gasteiger partial charge in [0.15, 0.2) is 0 Å². The maximum atomic E-state index is 14.5. The quantitative estimate of drug-likeness (QED) is 0.302. The van der Waals surface area contributed by atoms with Crippen molar-refractivity contribution in [3.05, 3.63) is 101 Å². The van der Waals surface area contributed by atoms with Crippen LogP contribution >= 0.6 is 0 Å². The largest absolute Gasteiger partial charge is 0.366 e. The lowest BCUT2D eigenvalue weighted by atomic mass is 9.88. The smallest absolute Gasteiger partial charge is 0.255 e. The highest BCUT2D eigenvalue weighted by Crippen LogP contribution is 2.34. The number of para-hydroxylation sites is 1. The number of hydrogen-bond donors (Lipinski definition) is 1. The maximum Gasteiger partial charge on any atom is 0.255 e. The first-order chi connectivity index (χ1) is 19.4. The molecule has 1 saturated heterocycles. The number of nitrogens with one attached hydrogen (secondary N) is 1. The molecule has 0 bridgehead atoms. The van der Waals surface area contributed by atoms with Crippen molar-refractivity contribution >= 4 is 29.1 Å².